The number of pyridine rings is 1. The van der Waals surface area contributed by atoms with Crippen LogP contribution in [0.2, 0.25) is 0 Å². The normalized spacial score (nSPS) is 11.5. The number of ether oxygens (including phenoxy) is 1. The summed E-state index contributed by atoms with van der Waals surface area (Å²) in [7, 11) is 6.33. The lowest BCUT2D eigenvalue weighted by atomic mass is 10.1. The molecule has 0 aliphatic rings. The average Bonchev–Trinajstić information content (AvgIpc) is 2.61. The van der Waals surface area contributed by atoms with Crippen molar-refractivity contribution in [2.24, 2.45) is 10.2 Å². The Bertz CT molecular complexity index is 939. The number of quaternary nitrogens is 1. The Morgan fingerprint density at radius 1 is 0.926 bits per heavy atom. The van der Waals surface area contributed by atoms with Crippen molar-refractivity contribution in [1.29, 1.82) is 0 Å². The molecule has 0 radical (unpaired) electrons. The summed E-state index contributed by atoms with van der Waals surface area (Å²) in [5.41, 5.74) is 1.26. The second-order valence-corrected chi connectivity index (χ2v) is 7.04. The molecule has 3 rings (SSSR count). The third kappa shape index (κ3) is 5.39. The number of hydrogen-bond donors (Lipinski definition) is 1. The molecular formula is C20H23ClN4O2. The SMILES string of the molecule is C[N+](C)(C)CCOc1ncccc1N=Nc1ccc(O)c2ccccc12.[Cl-]. The number of benzene rings is 2. The van der Waals surface area contributed by atoms with Crippen LogP contribution in [-0.4, -0.2) is 48.9 Å². The van der Waals surface area contributed by atoms with Crippen molar-refractivity contribution in [3.63, 3.8) is 0 Å². The highest BCUT2D eigenvalue weighted by Gasteiger charge is 2.10. The molecule has 1 heterocycles. The highest BCUT2D eigenvalue weighted by Crippen LogP contribution is 2.34. The van der Waals surface area contributed by atoms with Crippen molar-refractivity contribution in [1.82, 2.24) is 4.98 Å². The van der Waals surface area contributed by atoms with E-state index in [1.165, 1.54) is 0 Å². The van der Waals surface area contributed by atoms with E-state index in [0.717, 1.165) is 21.8 Å². The van der Waals surface area contributed by atoms with Gasteiger partial charge in [0, 0.05) is 17.0 Å². The van der Waals surface area contributed by atoms with Gasteiger partial charge in [0.2, 0.25) is 5.88 Å². The summed E-state index contributed by atoms with van der Waals surface area (Å²) in [6, 6.07) is 14.5. The zero-order chi connectivity index (χ0) is 18.6. The maximum Gasteiger partial charge on any atom is 0.242 e. The first-order chi connectivity index (χ1) is 12.4. The number of phenols is 1. The van der Waals surface area contributed by atoms with Gasteiger partial charge in [0.1, 0.15) is 24.6 Å². The number of aromatic hydroxyl groups is 1. The lowest BCUT2D eigenvalue weighted by Gasteiger charge is -2.23. The topological polar surface area (TPSA) is 67.1 Å². The summed E-state index contributed by atoms with van der Waals surface area (Å²) < 4.78 is 6.60. The Labute approximate surface area is 165 Å². The second kappa shape index (κ2) is 8.79. The van der Waals surface area contributed by atoms with Crippen molar-refractivity contribution in [3.8, 4) is 11.6 Å². The molecule has 0 saturated carbocycles. The van der Waals surface area contributed by atoms with Gasteiger partial charge in [-0.05, 0) is 24.3 Å². The number of azo groups is 1. The first-order valence-corrected chi connectivity index (χ1v) is 8.45. The number of aromatic nitrogens is 1. The van der Waals surface area contributed by atoms with E-state index in [4.69, 9.17) is 4.74 Å². The predicted molar refractivity (Wildman–Crippen MR) is 102 cm³/mol. The average molecular weight is 387 g/mol. The third-order valence-electron chi connectivity index (χ3n) is 3.90. The summed E-state index contributed by atoms with van der Waals surface area (Å²) in [6.07, 6.45) is 1.68. The van der Waals surface area contributed by atoms with Crippen molar-refractivity contribution in [3.05, 3.63) is 54.7 Å². The molecule has 0 unspecified atom stereocenters. The van der Waals surface area contributed by atoms with Gasteiger partial charge in [0.05, 0.1) is 26.8 Å². The van der Waals surface area contributed by atoms with Gasteiger partial charge in [-0.1, -0.05) is 24.3 Å². The monoisotopic (exact) mass is 386 g/mol. The Morgan fingerprint density at radius 3 is 2.37 bits per heavy atom. The molecule has 0 saturated heterocycles. The van der Waals surface area contributed by atoms with Gasteiger partial charge < -0.3 is 26.7 Å². The zero-order valence-electron chi connectivity index (χ0n) is 15.6. The molecule has 6 nitrogen and oxygen atoms in total. The van der Waals surface area contributed by atoms with Crippen LogP contribution in [0.15, 0.2) is 65.0 Å². The molecule has 1 N–H and O–H groups in total. The van der Waals surface area contributed by atoms with Gasteiger partial charge >= 0.3 is 0 Å². The second-order valence-electron chi connectivity index (χ2n) is 7.04. The van der Waals surface area contributed by atoms with E-state index in [0.29, 0.717) is 23.9 Å². The molecule has 2 aromatic carbocycles. The highest BCUT2D eigenvalue weighted by atomic mass is 35.5. The Balaban J connectivity index is 0.00000261. The molecule has 0 aliphatic heterocycles. The van der Waals surface area contributed by atoms with Gasteiger partial charge in [-0.2, -0.15) is 0 Å². The van der Waals surface area contributed by atoms with Gasteiger partial charge in [-0.15, -0.1) is 10.2 Å². The number of fused-ring (bicyclic) bond motifs is 1. The van der Waals surface area contributed by atoms with Crippen LogP contribution < -0.4 is 17.1 Å². The number of likely N-dealkylation sites (N-methyl/N-ethyl adjacent to an activating group) is 1. The number of rotatable bonds is 6. The van der Waals surface area contributed by atoms with E-state index >= 15 is 0 Å². The number of hydrogen-bond acceptors (Lipinski definition) is 5. The van der Waals surface area contributed by atoms with E-state index in [9.17, 15) is 5.11 Å². The maximum atomic E-state index is 9.98. The zero-order valence-corrected chi connectivity index (χ0v) is 16.4. The van der Waals surface area contributed by atoms with Gasteiger partial charge in [-0.25, -0.2) is 4.98 Å². The van der Waals surface area contributed by atoms with E-state index in [2.05, 4.69) is 36.4 Å². The van der Waals surface area contributed by atoms with Gasteiger partial charge in [0.25, 0.3) is 0 Å². The van der Waals surface area contributed by atoms with Crippen LogP contribution in [0.4, 0.5) is 11.4 Å². The van der Waals surface area contributed by atoms with Crippen LogP contribution in [0.3, 0.4) is 0 Å². The summed E-state index contributed by atoms with van der Waals surface area (Å²) in [5.74, 6) is 0.693. The molecule has 1 aromatic heterocycles. The Morgan fingerprint density at radius 2 is 1.63 bits per heavy atom. The van der Waals surface area contributed by atoms with E-state index < -0.39 is 0 Å². The van der Waals surface area contributed by atoms with Crippen LogP contribution in [0.1, 0.15) is 0 Å². The summed E-state index contributed by atoms with van der Waals surface area (Å²) >= 11 is 0. The minimum absolute atomic E-state index is 0. The standard InChI is InChI=1S/C20H22N4O2.ClH/c1-24(2,3)13-14-26-20-18(9-6-12-21-20)23-22-17-10-11-19(25)16-8-5-4-7-15(16)17;/h4-12H,13-14H2,1-3H3;1H. The molecule has 0 fully saturated rings. The third-order valence-corrected chi connectivity index (χ3v) is 3.90. The summed E-state index contributed by atoms with van der Waals surface area (Å²) in [5, 5.41) is 20.2. The molecule has 7 heteroatoms. The minimum Gasteiger partial charge on any atom is -1.00 e. The molecule has 0 amide bonds. The van der Waals surface area contributed by atoms with E-state index in [1.54, 1.807) is 24.4 Å². The van der Waals surface area contributed by atoms with Gasteiger partial charge in [-0.3, -0.25) is 0 Å². The summed E-state index contributed by atoms with van der Waals surface area (Å²) in [6.45, 7) is 1.40. The largest absolute Gasteiger partial charge is 1.00 e. The van der Waals surface area contributed by atoms with Crippen molar-refractivity contribution >= 4 is 22.1 Å². The number of nitrogens with zero attached hydrogens (tertiary/aromatic N) is 4. The molecular weight excluding hydrogens is 364 g/mol. The highest BCUT2D eigenvalue weighted by molar-refractivity contribution is 5.96. The summed E-state index contributed by atoms with van der Waals surface area (Å²) in [4.78, 5) is 4.26. The molecule has 0 spiro atoms. The first-order valence-electron chi connectivity index (χ1n) is 8.45. The molecule has 0 atom stereocenters. The molecule has 142 valence electrons. The van der Waals surface area contributed by atoms with Crippen molar-refractivity contribution in [2.75, 3.05) is 34.3 Å². The molecule has 0 bridgehead atoms. The van der Waals surface area contributed by atoms with Gasteiger partial charge in [0.15, 0.2) is 0 Å². The Kier molecular flexibility index (Phi) is 6.71. The van der Waals surface area contributed by atoms with Crippen LogP contribution in [0, 0.1) is 0 Å². The smallest absolute Gasteiger partial charge is 0.242 e. The molecule has 3 aromatic rings. The maximum absolute atomic E-state index is 9.98. The van der Waals surface area contributed by atoms with Crippen LogP contribution in [-0.2, 0) is 0 Å². The van der Waals surface area contributed by atoms with Crippen molar-refractivity contribution in [2.45, 2.75) is 0 Å². The fourth-order valence-electron chi connectivity index (χ4n) is 2.45. The predicted octanol–water partition coefficient (Wildman–Crippen LogP) is 1.44. The Hall–Kier alpha value is -2.70. The minimum atomic E-state index is 0. The van der Waals surface area contributed by atoms with Crippen LogP contribution in [0.25, 0.3) is 10.8 Å². The first kappa shape index (κ1) is 20.6. The lowest BCUT2D eigenvalue weighted by Crippen LogP contribution is -3.00. The fraction of sp³-hybridized carbons (Fsp3) is 0.250. The molecule has 0 aliphatic carbocycles. The van der Waals surface area contributed by atoms with Crippen molar-refractivity contribution < 1.29 is 26.7 Å². The van der Waals surface area contributed by atoms with Crippen LogP contribution in [0.5, 0.6) is 11.6 Å². The van der Waals surface area contributed by atoms with E-state index in [1.807, 2.05) is 30.3 Å². The fourth-order valence-corrected chi connectivity index (χ4v) is 2.45. The van der Waals surface area contributed by atoms with Crippen LogP contribution >= 0.6 is 0 Å². The number of phenolic OH excluding ortho intramolecular Hbond substituents is 1. The molecule has 27 heavy (non-hydrogen) atoms. The number of halogens is 1. The lowest BCUT2D eigenvalue weighted by molar-refractivity contribution is -0.870. The quantitative estimate of drug-likeness (QED) is 0.515. The van der Waals surface area contributed by atoms with E-state index in [-0.39, 0.29) is 18.2 Å².